The van der Waals surface area contributed by atoms with Crippen molar-refractivity contribution in [2.24, 2.45) is 27.5 Å². The minimum atomic E-state index is -0.779. The fourth-order valence-corrected chi connectivity index (χ4v) is 16.0. The molecular formula is C49H72N6O6S2. The largest absolute Gasteiger partial charge is 0.504 e. The maximum atomic E-state index is 14.2. The number of amides is 1. The van der Waals surface area contributed by atoms with Gasteiger partial charge in [0, 0.05) is 67.7 Å². The molecule has 3 aliphatic heterocycles. The van der Waals surface area contributed by atoms with Gasteiger partial charge >= 0.3 is 5.97 Å². The van der Waals surface area contributed by atoms with E-state index in [9.17, 15) is 19.8 Å². The Bertz CT molecular complexity index is 1950. The molecule has 346 valence electrons. The van der Waals surface area contributed by atoms with Gasteiger partial charge < -0.3 is 41.4 Å². The normalized spacial score (nSPS) is 31.3. The first-order valence-corrected chi connectivity index (χ1v) is 26.5. The first kappa shape index (κ1) is 46.2. The molecule has 9 rings (SSSR count). The lowest BCUT2D eigenvalue weighted by Crippen LogP contribution is -2.55. The Labute approximate surface area is 382 Å². The number of phenols is 1. The van der Waals surface area contributed by atoms with Crippen LogP contribution >= 0.6 is 21.6 Å². The number of nitrogen functional groups attached to an aromatic ring is 1. The molecule has 1 aromatic heterocycles. The highest BCUT2D eigenvalue weighted by molar-refractivity contribution is 8.77. The van der Waals surface area contributed by atoms with Gasteiger partial charge in [-0.25, -0.2) is 4.98 Å². The van der Waals surface area contributed by atoms with Crippen LogP contribution in [0, 0.1) is 16.7 Å². The Kier molecular flexibility index (Phi) is 14.7. The van der Waals surface area contributed by atoms with Crippen molar-refractivity contribution in [3.05, 3.63) is 47.2 Å². The SMILES string of the molecule is CC(=O)O[C@@]12CCc3cc(c(O)c(OC4CCCC4)c3)CN3C[C@](Cc4ccnc(N)c4)(CCN=C(N)N[C@]4(CCCC45CCCC5)SSCCCCC[C@H](CC1)[C@H](O)C2)CC3=O. The molecular weight excluding hydrogens is 833 g/mol. The molecule has 2 aromatic rings. The number of nitrogens with two attached hydrogens (primary N) is 2. The number of rotatable bonds is 5. The van der Waals surface area contributed by atoms with Gasteiger partial charge in [0.2, 0.25) is 5.91 Å². The monoisotopic (exact) mass is 904 g/mol. The topological polar surface area (TPSA) is 186 Å². The summed E-state index contributed by atoms with van der Waals surface area (Å²) in [6.45, 7) is 2.64. The molecule has 0 radical (unpaired) electrons. The molecule has 14 heteroatoms. The highest BCUT2D eigenvalue weighted by Crippen LogP contribution is 2.63. The second kappa shape index (κ2) is 20.0. The number of carbonyl (C=O) groups excluding carboxylic acids is 2. The molecule has 7 aliphatic rings. The van der Waals surface area contributed by atoms with E-state index in [4.69, 9.17) is 25.9 Å². The first-order valence-electron chi connectivity index (χ1n) is 24.1. The van der Waals surface area contributed by atoms with E-state index in [1.54, 1.807) is 6.20 Å². The van der Waals surface area contributed by atoms with Crippen LogP contribution in [0.25, 0.3) is 0 Å². The summed E-state index contributed by atoms with van der Waals surface area (Å²) >= 11 is 0. The molecule has 5 fully saturated rings. The van der Waals surface area contributed by atoms with Gasteiger partial charge in [0.1, 0.15) is 16.3 Å². The van der Waals surface area contributed by atoms with Crippen molar-refractivity contribution >= 4 is 45.2 Å². The molecule has 4 aliphatic carbocycles. The number of esters is 1. The molecule has 7 N–H and O–H groups in total. The van der Waals surface area contributed by atoms with Gasteiger partial charge in [0.25, 0.3) is 0 Å². The van der Waals surface area contributed by atoms with E-state index in [2.05, 4.69) is 10.3 Å². The number of aryl methyl sites for hydroxylation is 1. The summed E-state index contributed by atoms with van der Waals surface area (Å²) in [6, 6.07) is 7.79. The van der Waals surface area contributed by atoms with Crippen LogP contribution in [0.2, 0.25) is 0 Å². The second-order valence-corrected chi connectivity index (χ2v) is 22.9. The van der Waals surface area contributed by atoms with E-state index in [-0.39, 0.29) is 46.5 Å². The number of anilines is 1. The van der Waals surface area contributed by atoms with Crippen molar-refractivity contribution < 1.29 is 29.3 Å². The first-order chi connectivity index (χ1) is 30.4. The fourth-order valence-electron chi connectivity index (χ4n) is 12.4. The average molecular weight is 905 g/mol. The zero-order valence-electron chi connectivity index (χ0n) is 37.6. The third-order valence-electron chi connectivity index (χ3n) is 15.7. The van der Waals surface area contributed by atoms with E-state index in [1.807, 2.05) is 50.8 Å². The molecule has 6 bridgehead atoms. The Hall–Kier alpha value is -3.36. The van der Waals surface area contributed by atoms with Crippen molar-refractivity contribution in [2.75, 3.05) is 24.6 Å². The summed E-state index contributed by atoms with van der Waals surface area (Å²) in [7, 11) is 3.96. The number of aliphatic imine (C=N–C) groups is 1. The molecule has 2 spiro atoms. The molecule has 0 unspecified atom stereocenters. The Balaban J connectivity index is 1.10. The summed E-state index contributed by atoms with van der Waals surface area (Å²) < 4.78 is 12.6. The van der Waals surface area contributed by atoms with Gasteiger partial charge in [-0.2, -0.15) is 0 Å². The van der Waals surface area contributed by atoms with Crippen LogP contribution < -0.4 is 21.5 Å². The van der Waals surface area contributed by atoms with Crippen molar-refractivity contribution in [1.82, 2.24) is 15.2 Å². The number of carbonyl (C=O) groups is 2. The summed E-state index contributed by atoms with van der Waals surface area (Å²) in [5, 5.41) is 27.3. The van der Waals surface area contributed by atoms with Crippen LogP contribution in [0.4, 0.5) is 5.82 Å². The zero-order valence-corrected chi connectivity index (χ0v) is 39.2. The second-order valence-electron chi connectivity index (χ2n) is 20.2. The van der Waals surface area contributed by atoms with E-state index >= 15 is 0 Å². The lowest BCUT2D eigenvalue weighted by Gasteiger charge is -2.44. The van der Waals surface area contributed by atoms with E-state index in [0.29, 0.717) is 81.1 Å². The van der Waals surface area contributed by atoms with Crippen LogP contribution in [-0.4, -0.2) is 79.5 Å². The molecule has 1 saturated heterocycles. The number of aliphatic hydroxyl groups excluding tert-OH is 1. The van der Waals surface area contributed by atoms with Crippen molar-refractivity contribution in [1.29, 1.82) is 0 Å². The van der Waals surface area contributed by atoms with Gasteiger partial charge in [0.05, 0.1) is 12.2 Å². The standard InChI is InChI=1S/C49H72N6O6S2/c1-34(56)61-48-20-13-35-26-38(44(59)41(27-35)60-39-11-4-5-12-39)32-55-33-46(31-43(55)58,29-36-15-23-52-42(50)28-36)22-24-53-45(51)54-49(19-9-18-47(49)16-6-7-17-47)63-62-25-8-2-3-10-37(14-21-48)40(57)30-48/h15,23,26-28,37,39-40,57,59H,2-14,16-22,24-25,29-33H2,1H3,(H2,50,52)(H3,51,53,54)/t37-,40-,46+,48+,49-/m1/s1. The number of fused-ring (bicyclic) bond motifs is 12. The third-order valence-corrected chi connectivity index (χ3v) is 19.0. The number of aromatic hydroxyl groups is 1. The summed E-state index contributed by atoms with van der Waals surface area (Å²) in [4.78, 5) is 37.8. The van der Waals surface area contributed by atoms with Gasteiger partial charge in [-0.05, 0) is 144 Å². The number of phenolic OH excluding ortho intramolecular Hbond substituents is 1. The number of pyridine rings is 1. The molecule has 4 saturated carbocycles. The van der Waals surface area contributed by atoms with Gasteiger partial charge in [-0.1, -0.05) is 53.3 Å². The number of guanidine groups is 1. The average Bonchev–Trinajstić information content (AvgIpc) is 4.05. The number of nitrogens with zero attached hydrogens (tertiary/aromatic N) is 3. The summed E-state index contributed by atoms with van der Waals surface area (Å²) in [6.07, 6.45) is 22.5. The lowest BCUT2D eigenvalue weighted by atomic mass is 9.72. The predicted octanol–water partition coefficient (Wildman–Crippen LogP) is 8.74. The number of hydrogen-bond acceptors (Lipinski definition) is 13. The van der Waals surface area contributed by atoms with Crippen molar-refractivity contribution in [2.45, 2.75) is 184 Å². The third kappa shape index (κ3) is 10.9. The van der Waals surface area contributed by atoms with Crippen LogP contribution in [0.1, 0.15) is 158 Å². The summed E-state index contributed by atoms with van der Waals surface area (Å²) in [5.74, 6) is 2.36. The number of aliphatic hydroxyl groups is 1. The Morgan fingerprint density at radius 3 is 2.52 bits per heavy atom. The minimum absolute atomic E-state index is 0.0202. The minimum Gasteiger partial charge on any atom is -0.504 e. The highest BCUT2D eigenvalue weighted by atomic mass is 33.1. The molecule has 63 heavy (non-hydrogen) atoms. The molecule has 1 amide bonds. The Morgan fingerprint density at radius 2 is 1.75 bits per heavy atom. The molecule has 5 atom stereocenters. The van der Waals surface area contributed by atoms with Gasteiger partial charge in [-0.3, -0.25) is 14.6 Å². The molecule has 12 nitrogen and oxygen atoms in total. The number of benzene rings is 1. The highest BCUT2D eigenvalue weighted by Gasteiger charge is 2.57. The number of aromatic nitrogens is 1. The zero-order chi connectivity index (χ0) is 44.1. The van der Waals surface area contributed by atoms with Gasteiger partial charge in [-0.15, -0.1) is 0 Å². The van der Waals surface area contributed by atoms with E-state index in [1.165, 1.54) is 45.4 Å². The van der Waals surface area contributed by atoms with Crippen LogP contribution in [0.15, 0.2) is 35.5 Å². The van der Waals surface area contributed by atoms with Crippen LogP contribution in [0.3, 0.4) is 0 Å². The van der Waals surface area contributed by atoms with Crippen molar-refractivity contribution in [3.63, 3.8) is 0 Å². The maximum absolute atomic E-state index is 14.2. The number of hydrogen-bond donors (Lipinski definition) is 5. The molecule has 1 aromatic carbocycles. The fraction of sp³-hybridized carbons (Fsp3) is 0.714. The Morgan fingerprint density at radius 1 is 0.952 bits per heavy atom. The van der Waals surface area contributed by atoms with E-state index < -0.39 is 17.1 Å². The molecule has 4 heterocycles. The smallest absolute Gasteiger partial charge is 0.303 e. The quantitative estimate of drug-likeness (QED) is 0.142. The number of nitrogens with one attached hydrogen (secondary N) is 1. The lowest BCUT2D eigenvalue weighted by molar-refractivity contribution is -0.168. The van der Waals surface area contributed by atoms with Crippen LogP contribution in [0.5, 0.6) is 11.5 Å². The van der Waals surface area contributed by atoms with Crippen molar-refractivity contribution in [3.8, 4) is 11.5 Å². The van der Waals surface area contributed by atoms with E-state index in [0.717, 1.165) is 81.1 Å². The van der Waals surface area contributed by atoms with Gasteiger partial charge in [0.15, 0.2) is 17.5 Å². The van der Waals surface area contributed by atoms with Crippen LogP contribution in [-0.2, 0) is 33.7 Å². The maximum Gasteiger partial charge on any atom is 0.303 e. The number of ether oxygens (including phenoxy) is 2. The summed E-state index contributed by atoms with van der Waals surface area (Å²) in [5.41, 5.74) is 14.6. The predicted molar refractivity (Wildman–Crippen MR) is 252 cm³/mol.